The van der Waals surface area contributed by atoms with E-state index in [-0.39, 0.29) is 18.2 Å². The number of nitrogens with two attached hydrogens (primary N) is 1. The first-order valence-corrected chi connectivity index (χ1v) is 6.82. The third-order valence-electron chi connectivity index (χ3n) is 3.61. The topological polar surface area (TPSA) is 75.4 Å². The number of amides is 1. The van der Waals surface area contributed by atoms with Crippen LogP contribution in [0.5, 0.6) is 5.75 Å². The summed E-state index contributed by atoms with van der Waals surface area (Å²) in [6, 6.07) is 14.4. The number of phenolic OH excluding ortho intramolecular Hbond substituents is 1. The van der Waals surface area contributed by atoms with Crippen molar-refractivity contribution in [2.45, 2.75) is 25.8 Å². The SMILES string of the molecule is CC(C)(C(=O)NCc1cc(N)ccc1O)c1ccccc1. The Morgan fingerprint density at radius 3 is 2.52 bits per heavy atom. The van der Waals surface area contributed by atoms with Gasteiger partial charge in [-0.1, -0.05) is 30.3 Å². The van der Waals surface area contributed by atoms with Gasteiger partial charge in [-0.05, 0) is 37.6 Å². The second-order valence-corrected chi connectivity index (χ2v) is 5.56. The Hall–Kier alpha value is -2.49. The van der Waals surface area contributed by atoms with E-state index < -0.39 is 5.41 Å². The summed E-state index contributed by atoms with van der Waals surface area (Å²) < 4.78 is 0. The Bertz CT molecular complexity index is 636. The first-order chi connectivity index (χ1) is 9.91. The minimum atomic E-state index is -0.642. The van der Waals surface area contributed by atoms with Crippen LogP contribution in [0.15, 0.2) is 48.5 Å². The van der Waals surface area contributed by atoms with Gasteiger partial charge in [0.2, 0.25) is 5.91 Å². The zero-order valence-electron chi connectivity index (χ0n) is 12.3. The van der Waals surface area contributed by atoms with Crippen molar-refractivity contribution < 1.29 is 9.90 Å². The van der Waals surface area contributed by atoms with Gasteiger partial charge in [-0.15, -0.1) is 0 Å². The van der Waals surface area contributed by atoms with E-state index in [0.717, 1.165) is 5.56 Å². The van der Waals surface area contributed by atoms with Crippen molar-refractivity contribution in [3.05, 3.63) is 59.7 Å². The van der Waals surface area contributed by atoms with Crippen LogP contribution in [0.2, 0.25) is 0 Å². The number of carbonyl (C=O) groups is 1. The first kappa shape index (κ1) is 14.9. The number of carbonyl (C=O) groups excluding carboxylic acids is 1. The molecular weight excluding hydrogens is 264 g/mol. The molecule has 2 aromatic carbocycles. The lowest BCUT2D eigenvalue weighted by Crippen LogP contribution is -2.39. The molecule has 0 heterocycles. The Balaban J connectivity index is 2.09. The van der Waals surface area contributed by atoms with Crippen LogP contribution in [0.1, 0.15) is 25.0 Å². The minimum absolute atomic E-state index is 0.101. The summed E-state index contributed by atoms with van der Waals surface area (Å²) in [6.07, 6.45) is 0. The van der Waals surface area contributed by atoms with Crippen LogP contribution < -0.4 is 11.1 Å². The third-order valence-corrected chi connectivity index (χ3v) is 3.61. The molecule has 0 atom stereocenters. The lowest BCUT2D eigenvalue weighted by atomic mass is 9.84. The van der Waals surface area contributed by atoms with E-state index in [9.17, 15) is 9.90 Å². The molecule has 21 heavy (non-hydrogen) atoms. The first-order valence-electron chi connectivity index (χ1n) is 6.82. The number of phenols is 1. The number of rotatable bonds is 4. The smallest absolute Gasteiger partial charge is 0.230 e. The van der Waals surface area contributed by atoms with Gasteiger partial charge in [0.15, 0.2) is 0 Å². The van der Waals surface area contributed by atoms with E-state index in [1.807, 2.05) is 44.2 Å². The van der Waals surface area contributed by atoms with Crippen molar-refractivity contribution >= 4 is 11.6 Å². The Morgan fingerprint density at radius 2 is 1.86 bits per heavy atom. The van der Waals surface area contributed by atoms with Crippen molar-refractivity contribution in [1.82, 2.24) is 5.32 Å². The number of benzene rings is 2. The summed E-state index contributed by atoms with van der Waals surface area (Å²) in [4.78, 5) is 12.4. The summed E-state index contributed by atoms with van der Waals surface area (Å²) >= 11 is 0. The minimum Gasteiger partial charge on any atom is -0.508 e. The molecular formula is C17H20N2O2. The van der Waals surface area contributed by atoms with Crippen molar-refractivity contribution in [3.8, 4) is 5.75 Å². The largest absolute Gasteiger partial charge is 0.508 e. The van der Waals surface area contributed by atoms with Gasteiger partial charge in [0.25, 0.3) is 0 Å². The van der Waals surface area contributed by atoms with Gasteiger partial charge >= 0.3 is 0 Å². The molecule has 2 aromatic rings. The van der Waals surface area contributed by atoms with Gasteiger partial charge in [-0.25, -0.2) is 0 Å². The molecule has 0 fully saturated rings. The lowest BCUT2D eigenvalue weighted by Gasteiger charge is -2.24. The average Bonchev–Trinajstić information content (AvgIpc) is 2.48. The summed E-state index contributed by atoms with van der Waals surface area (Å²) in [5.74, 6) is 0.0255. The number of aromatic hydroxyl groups is 1. The van der Waals surface area contributed by atoms with Gasteiger partial charge in [0.05, 0.1) is 5.41 Å². The third kappa shape index (κ3) is 3.34. The van der Waals surface area contributed by atoms with Gasteiger partial charge in [-0.2, -0.15) is 0 Å². The average molecular weight is 284 g/mol. The standard InChI is InChI=1S/C17H20N2O2/c1-17(2,13-6-4-3-5-7-13)16(21)19-11-12-10-14(18)8-9-15(12)20/h3-10,20H,11,18H2,1-2H3,(H,19,21). The molecule has 0 saturated heterocycles. The molecule has 0 unspecified atom stereocenters. The fraction of sp³-hybridized carbons (Fsp3) is 0.235. The molecule has 0 aliphatic carbocycles. The van der Waals surface area contributed by atoms with Gasteiger partial charge in [0, 0.05) is 17.8 Å². The monoisotopic (exact) mass is 284 g/mol. The lowest BCUT2D eigenvalue weighted by molar-refractivity contribution is -0.125. The summed E-state index contributed by atoms with van der Waals surface area (Å²) in [6.45, 7) is 3.99. The number of nitrogens with one attached hydrogen (secondary N) is 1. The van der Waals surface area contributed by atoms with Crippen LogP contribution >= 0.6 is 0 Å². The van der Waals surface area contributed by atoms with E-state index in [4.69, 9.17) is 5.73 Å². The normalized spacial score (nSPS) is 11.1. The maximum atomic E-state index is 12.4. The Morgan fingerprint density at radius 1 is 1.19 bits per heavy atom. The number of hydrogen-bond acceptors (Lipinski definition) is 3. The van der Waals surface area contributed by atoms with Gasteiger partial charge in [0.1, 0.15) is 5.75 Å². The highest BCUT2D eigenvalue weighted by Gasteiger charge is 2.29. The molecule has 0 saturated carbocycles. The zero-order valence-corrected chi connectivity index (χ0v) is 12.3. The molecule has 0 radical (unpaired) electrons. The van der Waals surface area contributed by atoms with Crippen molar-refractivity contribution in [2.75, 3.05) is 5.73 Å². The highest BCUT2D eigenvalue weighted by atomic mass is 16.3. The predicted octanol–water partition coefficient (Wildman–Crippen LogP) is 2.57. The molecule has 0 aromatic heterocycles. The summed E-state index contributed by atoms with van der Waals surface area (Å²) in [5, 5.41) is 12.6. The predicted molar refractivity (Wildman–Crippen MR) is 83.8 cm³/mol. The Labute approximate surface area is 124 Å². The van der Waals surface area contributed by atoms with Crippen molar-refractivity contribution in [2.24, 2.45) is 0 Å². The van der Waals surface area contributed by atoms with Crippen LogP contribution in [0, 0.1) is 0 Å². The van der Waals surface area contributed by atoms with E-state index >= 15 is 0 Å². The van der Waals surface area contributed by atoms with Crippen LogP contribution in [-0.4, -0.2) is 11.0 Å². The molecule has 0 aliphatic rings. The molecule has 4 N–H and O–H groups in total. The van der Waals surface area contributed by atoms with E-state index in [2.05, 4.69) is 5.32 Å². The quantitative estimate of drug-likeness (QED) is 0.596. The van der Waals surface area contributed by atoms with E-state index in [1.165, 1.54) is 6.07 Å². The molecule has 2 rings (SSSR count). The molecule has 4 nitrogen and oxygen atoms in total. The van der Waals surface area contributed by atoms with Crippen LogP contribution in [0.25, 0.3) is 0 Å². The van der Waals surface area contributed by atoms with Crippen molar-refractivity contribution in [3.63, 3.8) is 0 Å². The second-order valence-electron chi connectivity index (χ2n) is 5.56. The van der Waals surface area contributed by atoms with E-state index in [1.54, 1.807) is 12.1 Å². The highest BCUT2D eigenvalue weighted by molar-refractivity contribution is 5.87. The van der Waals surface area contributed by atoms with Crippen LogP contribution in [0.4, 0.5) is 5.69 Å². The fourth-order valence-electron chi connectivity index (χ4n) is 2.13. The fourth-order valence-corrected chi connectivity index (χ4v) is 2.13. The number of anilines is 1. The maximum absolute atomic E-state index is 12.4. The van der Waals surface area contributed by atoms with Gasteiger partial charge in [-0.3, -0.25) is 4.79 Å². The zero-order chi connectivity index (χ0) is 15.5. The number of nitrogen functional groups attached to an aromatic ring is 1. The van der Waals surface area contributed by atoms with Crippen LogP contribution in [0.3, 0.4) is 0 Å². The molecule has 110 valence electrons. The Kier molecular flexibility index (Phi) is 4.17. The number of hydrogen-bond donors (Lipinski definition) is 3. The molecule has 0 spiro atoms. The maximum Gasteiger partial charge on any atom is 0.230 e. The molecule has 0 aliphatic heterocycles. The highest BCUT2D eigenvalue weighted by Crippen LogP contribution is 2.24. The van der Waals surface area contributed by atoms with Gasteiger partial charge < -0.3 is 16.2 Å². The van der Waals surface area contributed by atoms with Crippen molar-refractivity contribution in [1.29, 1.82) is 0 Å². The van der Waals surface area contributed by atoms with Crippen LogP contribution in [-0.2, 0) is 16.8 Å². The van der Waals surface area contributed by atoms with E-state index in [0.29, 0.717) is 11.3 Å². The summed E-state index contributed by atoms with van der Waals surface area (Å²) in [7, 11) is 0. The summed E-state index contributed by atoms with van der Waals surface area (Å²) in [5.41, 5.74) is 7.15. The molecule has 1 amide bonds. The molecule has 0 bridgehead atoms. The molecule has 4 heteroatoms. The second kappa shape index (κ2) is 5.87.